The summed E-state index contributed by atoms with van der Waals surface area (Å²) in [4.78, 5) is 25.4. The zero-order valence-corrected chi connectivity index (χ0v) is 17.5. The molecule has 156 valence electrons. The fraction of sp³-hybridized carbons (Fsp3) is 0.636. The molecule has 1 N–H and O–H groups in total. The van der Waals surface area contributed by atoms with Crippen LogP contribution in [0, 0.1) is 5.92 Å². The van der Waals surface area contributed by atoms with Gasteiger partial charge < -0.3 is 19.5 Å². The summed E-state index contributed by atoms with van der Waals surface area (Å²) in [7, 11) is 0. The average Bonchev–Trinajstić information content (AvgIpc) is 2.69. The van der Waals surface area contributed by atoms with Gasteiger partial charge in [-0.15, -0.1) is 0 Å². The highest BCUT2D eigenvalue weighted by Crippen LogP contribution is 2.36. The fourth-order valence-corrected chi connectivity index (χ4v) is 3.47. The van der Waals surface area contributed by atoms with E-state index in [2.05, 4.69) is 12.2 Å². The van der Waals surface area contributed by atoms with Gasteiger partial charge in [-0.25, -0.2) is 4.79 Å². The van der Waals surface area contributed by atoms with Crippen LogP contribution < -0.4 is 10.1 Å². The smallest absolute Gasteiger partial charge is 0.341 e. The molecule has 0 bridgehead atoms. The Labute approximate surface area is 167 Å². The predicted octanol–water partition coefficient (Wildman–Crippen LogP) is 4.58. The maximum absolute atomic E-state index is 13.1. The lowest BCUT2D eigenvalue weighted by Crippen LogP contribution is -2.48. The van der Waals surface area contributed by atoms with Crippen molar-refractivity contribution in [3.8, 4) is 5.75 Å². The number of rotatable bonds is 9. The number of ether oxygens (including phenoxy) is 3. The van der Waals surface area contributed by atoms with Crippen molar-refractivity contribution < 1.29 is 23.8 Å². The van der Waals surface area contributed by atoms with E-state index in [-0.39, 0.29) is 12.5 Å². The highest BCUT2D eigenvalue weighted by atomic mass is 16.5. The fourth-order valence-electron chi connectivity index (χ4n) is 3.47. The van der Waals surface area contributed by atoms with Crippen LogP contribution in [0.25, 0.3) is 0 Å². The third-order valence-electron chi connectivity index (χ3n) is 5.11. The highest BCUT2D eigenvalue weighted by molar-refractivity contribution is 5.99. The molecule has 1 fully saturated rings. The van der Waals surface area contributed by atoms with E-state index >= 15 is 0 Å². The van der Waals surface area contributed by atoms with E-state index in [4.69, 9.17) is 14.2 Å². The van der Waals surface area contributed by atoms with Gasteiger partial charge in [0.1, 0.15) is 16.9 Å². The second-order valence-electron chi connectivity index (χ2n) is 7.34. The van der Waals surface area contributed by atoms with Crippen molar-refractivity contribution in [2.24, 2.45) is 5.92 Å². The average molecular weight is 392 g/mol. The molecule has 0 radical (unpaired) electrons. The zero-order chi connectivity index (χ0) is 20.6. The van der Waals surface area contributed by atoms with Crippen LogP contribution >= 0.6 is 0 Å². The van der Waals surface area contributed by atoms with Gasteiger partial charge in [0.05, 0.1) is 13.2 Å². The number of amides is 1. The summed E-state index contributed by atoms with van der Waals surface area (Å²) in [6.07, 6.45) is 4.22. The van der Waals surface area contributed by atoms with Crippen molar-refractivity contribution in [2.45, 2.75) is 65.4 Å². The van der Waals surface area contributed by atoms with Gasteiger partial charge in [0.25, 0.3) is 5.91 Å². The minimum absolute atomic E-state index is 0.146. The number of carbonyl (C=O) groups excluding carboxylic acids is 2. The number of esters is 1. The molecule has 1 amide bonds. The van der Waals surface area contributed by atoms with Crippen molar-refractivity contribution >= 4 is 17.6 Å². The van der Waals surface area contributed by atoms with Gasteiger partial charge >= 0.3 is 5.97 Å². The van der Waals surface area contributed by atoms with E-state index in [0.717, 1.165) is 19.3 Å². The first kappa shape index (κ1) is 22.2. The van der Waals surface area contributed by atoms with Crippen molar-refractivity contribution in [2.75, 3.05) is 25.1 Å². The Bertz CT molecular complexity index is 659. The SMILES string of the molecule is CCCOC1(C(=O)Nc2ccc(OCC)c(C(=O)OCC)c2)CCC(C)CC1. The molecule has 6 nitrogen and oxygen atoms in total. The van der Waals surface area contributed by atoms with Gasteiger partial charge in [0.15, 0.2) is 0 Å². The summed E-state index contributed by atoms with van der Waals surface area (Å²) in [5.41, 5.74) is 0.0440. The molecule has 6 heteroatoms. The number of nitrogens with one attached hydrogen (secondary N) is 1. The third kappa shape index (κ3) is 5.47. The van der Waals surface area contributed by atoms with Crippen molar-refractivity contribution in [1.82, 2.24) is 0 Å². The van der Waals surface area contributed by atoms with Gasteiger partial charge in [-0.1, -0.05) is 13.8 Å². The van der Waals surface area contributed by atoms with Crippen LogP contribution in [0.4, 0.5) is 5.69 Å². The molecule has 0 aromatic heterocycles. The molecule has 1 saturated carbocycles. The lowest BCUT2D eigenvalue weighted by atomic mass is 9.78. The van der Waals surface area contributed by atoms with E-state index in [9.17, 15) is 9.59 Å². The van der Waals surface area contributed by atoms with Gasteiger partial charge in [-0.3, -0.25) is 4.79 Å². The Morgan fingerprint density at radius 2 is 1.86 bits per heavy atom. The minimum Gasteiger partial charge on any atom is -0.493 e. The Morgan fingerprint density at radius 1 is 1.14 bits per heavy atom. The molecule has 0 saturated heterocycles. The predicted molar refractivity (Wildman–Crippen MR) is 109 cm³/mol. The summed E-state index contributed by atoms with van der Waals surface area (Å²) in [6, 6.07) is 5.04. The minimum atomic E-state index is -0.800. The van der Waals surface area contributed by atoms with E-state index < -0.39 is 11.6 Å². The molecule has 0 aliphatic heterocycles. The van der Waals surface area contributed by atoms with Crippen LogP contribution in [-0.4, -0.2) is 37.3 Å². The number of hydrogen-bond acceptors (Lipinski definition) is 5. The van der Waals surface area contributed by atoms with Crippen molar-refractivity contribution in [3.05, 3.63) is 23.8 Å². The molecule has 0 atom stereocenters. The van der Waals surface area contributed by atoms with E-state index in [1.54, 1.807) is 25.1 Å². The molecule has 1 aromatic carbocycles. The summed E-state index contributed by atoms with van der Waals surface area (Å²) >= 11 is 0. The van der Waals surface area contributed by atoms with Crippen LogP contribution in [0.2, 0.25) is 0 Å². The first-order chi connectivity index (χ1) is 13.5. The van der Waals surface area contributed by atoms with Gasteiger partial charge in [-0.05, 0) is 70.1 Å². The first-order valence-corrected chi connectivity index (χ1v) is 10.3. The molecular weight excluding hydrogens is 358 g/mol. The Kier molecular flexibility index (Phi) is 8.30. The summed E-state index contributed by atoms with van der Waals surface area (Å²) in [6.45, 7) is 9.11. The molecule has 1 aromatic rings. The molecular formula is C22H33NO5. The summed E-state index contributed by atoms with van der Waals surface area (Å²) in [5.74, 6) is 0.437. The van der Waals surface area contributed by atoms with Gasteiger partial charge in [0, 0.05) is 12.3 Å². The van der Waals surface area contributed by atoms with Gasteiger partial charge in [0.2, 0.25) is 0 Å². The molecule has 2 rings (SSSR count). The third-order valence-corrected chi connectivity index (χ3v) is 5.11. The molecule has 0 spiro atoms. The summed E-state index contributed by atoms with van der Waals surface area (Å²) < 4.78 is 16.7. The largest absolute Gasteiger partial charge is 0.493 e. The van der Waals surface area contributed by atoms with Crippen LogP contribution in [0.15, 0.2) is 18.2 Å². The van der Waals surface area contributed by atoms with Crippen molar-refractivity contribution in [3.63, 3.8) is 0 Å². The lowest BCUT2D eigenvalue weighted by molar-refractivity contribution is -0.147. The first-order valence-electron chi connectivity index (χ1n) is 10.3. The van der Waals surface area contributed by atoms with E-state index in [1.165, 1.54) is 0 Å². The van der Waals surface area contributed by atoms with E-state index in [1.807, 2.05) is 13.8 Å². The molecule has 1 aliphatic rings. The maximum atomic E-state index is 13.1. The quantitative estimate of drug-likeness (QED) is 0.624. The normalized spacial score (nSPS) is 21.8. The van der Waals surface area contributed by atoms with Crippen LogP contribution in [-0.2, 0) is 14.3 Å². The zero-order valence-electron chi connectivity index (χ0n) is 17.5. The van der Waals surface area contributed by atoms with E-state index in [0.29, 0.717) is 49.0 Å². The number of benzene rings is 1. The summed E-state index contributed by atoms with van der Waals surface area (Å²) in [5, 5.41) is 2.96. The number of carbonyl (C=O) groups is 2. The Balaban J connectivity index is 2.22. The Morgan fingerprint density at radius 3 is 2.46 bits per heavy atom. The second-order valence-corrected chi connectivity index (χ2v) is 7.34. The topological polar surface area (TPSA) is 73.9 Å². The monoisotopic (exact) mass is 391 g/mol. The molecule has 0 heterocycles. The molecule has 0 unspecified atom stereocenters. The van der Waals surface area contributed by atoms with Crippen molar-refractivity contribution in [1.29, 1.82) is 0 Å². The maximum Gasteiger partial charge on any atom is 0.341 e. The second kappa shape index (κ2) is 10.5. The molecule has 1 aliphatic carbocycles. The van der Waals surface area contributed by atoms with Crippen LogP contribution in [0.1, 0.15) is 70.2 Å². The van der Waals surface area contributed by atoms with Gasteiger partial charge in [-0.2, -0.15) is 0 Å². The lowest BCUT2D eigenvalue weighted by Gasteiger charge is -2.38. The van der Waals surface area contributed by atoms with Crippen LogP contribution in [0.3, 0.4) is 0 Å². The standard InChI is InChI=1S/C22H33NO5/c1-5-14-28-22(12-10-16(4)11-13-22)21(25)23-17-8-9-19(26-6-2)18(15-17)20(24)27-7-3/h8-9,15-16H,5-7,10-14H2,1-4H3,(H,23,25). The molecule has 28 heavy (non-hydrogen) atoms. The number of anilines is 1. The Hall–Kier alpha value is -2.08. The van der Waals surface area contributed by atoms with Crippen LogP contribution in [0.5, 0.6) is 5.75 Å². The number of hydrogen-bond donors (Lipinski definition) is 1. The highest BCUT2D eigenvalue weighted by Gasteiger charge is 2.42.